The summed E-state index contributed by atoms with van der Waals surface area (Å²) in [6, 6.07) is 1.71. The Hall–Kier alpha value is -1.28. The van der Waals surface area contributed by atoms with Gasteiger partial charge in [-0.05, 0) is 24.3 Å². The van der Waals surface area contributed by atoms with Crippen molar-refractivity contribution in [3.05, 3.63) is 23.7 Å². The first-order valence-corrected chi connectivity index (χ1v) is 9.53. The van der Waals surface area contributed by atoms with Crippen LogP contribution in [0.4, 0.5) is 0 Å². The van der Waals surface area contributed by atoms with Gasteiger partial charge in [0.25, 0.3) is 5.91 Å². The summed E-state index contributed by atoms with van der Waals surface area (Å²) in [6.07, 6.45) is 2.67. The molecule has 0 spiro atoms. The molecule has 2 amide bonds. The third-order valence-electron chi connectivity index (χ3n) is 5.34. The van der Waals surface area contributed by atoms with Crippen LogP contribution in [0.1, 0.15) is 36.4 Å². The standard InChI is InChI=1S/C19H30N4O3.2ClH/c1-14-7-15(2)11-23(10-14)18(24)12-21-3-5-22(6-4-21)19(25)16-8-17(9-20)26-13-16;;/h8,13-15H,3-7,9-12,20H2,1-2H3;2*1H. The highest BCUT2D eigenvalue weighted by molar-refractivity contribution is 5.94. The van der Waals surface area contributed by atoms with Gasteiger partial charge in [-0.1, -0.05) is 13.8 Å². The van der Waals surface area contributed by atoms with Gasteiger partial charge in [-0.15, -0.1) is 24.8 Å². The lowest BCUT2D eigenvalue weighted by Crippen LogP contribution is -2.53. The normalized spacial score (nSPS) is 23.0. The second-order valence-electron chi connectivity index (χ2n) is 7.82. The maximum absolute atomic E-state index is 12.6. The number of carbonyl (C=O) groups is 2. The third kappa shape index (κ3) is 6.11. The van der Waals surface area contributed by atoms with E-state index in [4.69, 9.17) is 10.2 Å². The van der Waals surface area contributed by atoms with Crippen LogP contribution in [-0.2, 0) is 11.3 Å². The Labute approximate surface area is 179 Å². The second-order valence-corrected chi connectivity index (χ2v) is 7.82. The molecule has 2 aliphatic rings. The van der Waals surface area contributed by atoms with E-state index in [2.05, 4.69) is 18.7 Å². The van der Waals surface area contributed by atoms with Gasteiger partial charge < -0.3 is 20.0 Å². The Morgan fingerprint density at radius 1 is 1.07 bits per heavy atom. The molecule has 2 atom stereocenters. The van der Waals surface area contributed by atoms with Crippen LogP contribution in [0.2, 0.25) is 0 Å². The van der Waals surface area contributed by atoms with E-state index in [-0.39, 0.29) is 43.2 Å². The minimum absolute atomic E-state index is 0. The lowest BCUT2D eigenvalue weighted by atomic mass is 9.92. The molecule has 1 aromatic rings. The highest BCUT2D eigenvalue weighted by Gasteiger charge is 2.28. The van der Waals surface area contributed by atoms with Crippen molar-refractivity contribution in [2.24, 2.45) is 17.6 Å². The van der Waals surface area contributed by atoms with Crippen LogP contribution in [0.25, 0.3) is 0 Å². The van der Waals surface area contributed by atoms with Gasteiger partial charge in [-0.3, -0.25) is 14.5 Å². The van der Waals surface area contributed by atoms with Crippen LogP contribution in [-0.4, -0.2) is 72.3 Å². The fourth-order valence-corrected chi connectivity index (χ4v) is 4.05. The van der Waals surface area contributed by atoms with E-state index in [0.717, 1.165) is 26.2 Å². The molecule has 2 saturated heterocycles. The highest BCUT2D eigenvalue weighted by Crippen LogP contribution is 2.21. The lowest BCUT2D eigenvalue weighted by molar-refractivity contribution is -0.135. The van der Waals surface area contributed by atoms with Crippen molar-refractivity contribution in [2.45, 2.75) is 26.8 Å². The van der Waals surface area contributed by atoms with Gasteiger partial charge in [0.1, 0.15) is 12.0 Å². The number of rotatable bonds is 4. The van der Waals surface area contributed by atoms with Crippen LogP contribution in [0, 0.1) is 11.8 Å². The smallest absolute Gasteiger partial charge is 0.257 e. The molecule has 9 heteroatoms. The van der Waals surface area contributed by atoms with E-state index < -0.39 is 0 Å². The van der Waals surface area contributed by atoms with E-state index in [1.54, 1.807) is 6.07 Å². The van der Waals surface area contributed by atoms with Gasteiger partial charge in [0.2, 0.25) is 5.91 Å². The van der Waals surface area contributed by atoms with Crippen molar-refractivity contribution in [1.82, 2.24) is 14.7 Å². The molecule has 0 saturated carbocycles. The number of furan rings is 1. The molecule has 0 aliphatic carbocycles. The number of carbonyl (C=O) groups excluding carboxylic acids is 2. The monoisotopic (exact) mass is 434 g/mol. The van der Waals surface area contributed by atoms with Gasteiger partial charge in [0, 0.05) is 39.3 Å². The van der Waals surface area contributed by atoms with Crippen molar-refractivity contribution in [3.63, 3.8) is 0 Å². The molecule has 0 radical (unpaired) electrons. The predicted octanol–water partition coefficient (Wildman–Crippen LogP) is 1.84. The molecule has 3 rings (SSSR count). The largest absolute Gasteiger partial charge is 0.467 e. The number of likely N-dealkylation sites (tertiary alicyclic amines) is 1. The van der Waals surface area contributed by atoms with Gasteiger partial charge in [-0.25, -0.2) is 0 Å². The van der Waals surface area contributed by atoms with Gasteiger partial charge in [-0.2, -0.15) is 0 Å². The fraction of sp³-hybridized carbons (Fsp3) is 0.684. The Kier molecular flexibility index (Phi) is 9.77. The molecule has 3 heterocycles. The molecule has 2 fully saturated rings. The molecule has 0 aromatic carbocycles. The maximum Gasteiger partial charge on any atom is 0.257 e. The molecule has 1 aromatic heterocycles. The maximum atomic E-state index is 12.6. The highest BCUT2D eigenvalue weighted by atomic mass is 35.5. The number of amides is 2. The average Bonchev–Trinajstić information content (AvgIpc) is 3.10. The lowest BCUT2D eigenvalue weighted by Gasteiger charge is -2.38. The quantitative estimate of drug-likeness (QED) is 0.781. The SMILES string of the molecule is CC1CC(C)CN(C(=O)CN2CCN(C(=O)c3coc(CN)c3)CC2)C1.Cl.Cl. The molecule has 160 valence electrons. The average molecular weight is 435 g/mol. The summed E-state index contributed by atoms with van der Waals surface area (Å²) in [5.74, 6) is 1.95. The second kappa shape index (κ2) is 11.0. The molecule has 7 nitrogen and oxygen atoms in total. The topological polar surface area (TPSA) is 83.0 Å². The number of nitrogens with two attached hydrogens (primary N) is 1. The Morgan fingerprint density at radius 3 is 2.21 bits per heavy atom. The van der Waals surface area contributed by atoms with Gasteiger partial charge in [0.05, 0.1) is 18.7 Å². The Balaban J connectivity index is 0.00000196. The van der Waals surface area contributed by atoms with E-state index in [1.807, 2.05) is 9.80 Å². The summed E-state index contributed by atoms with van der Waals surface area (Å²) in [5, 5.41) is 0. The first-order valence-electron chi connectivity index (χ1n) is 9.53. The van der Waals surface area contributed by atoms with E-state index >= 15 is 0 Å². The molecular formula is C19H32Cl2N4O3. The number of piperidine rings is 1. The summed E-state index contributed by atoms with van der Waals surface area (Å²) in [7, 11) is 0. The summed E-state index contributed by atoms with van der Waals surface area (Å²) < 4.78 is 5.25. The van der Waals surface area contributed by atoms with Crippen molar-refractivity contribution in [3.8, 4) is 0 Å². The molecule has 2 unspecified atom stereocenters. The van der Waals surface area contributed by atoms with Crippen LogP contribution in [0.5, 0.6) is 0 Å². The van der Waals surface area contributed by atoms with Crippen LogP contribution in [0.15, 0.2) is 16.7 Å². The van der Waals surface area contributed by atoms with Crippen LogP contribution >= 0.6 is 24.8 Å². The number of halogens is 2. The number of hydrogen-bond acceptors (Lipinski definition) is 5. The molecule has 2 N–H and O–H groups in total. The zero-order valence-corrected chi connectivity index (χ0v) is 18.3. The fourth-order valence-electron chi connectivity index (χ4n) is 4.05. The van der Waals surface area contributed by atoms with Crippen molar-refractivity contribution in [2.75, 3.05) is 45.8 Å². The number of nitrogens with zero attached hydrogens (tertiary/aromatic N) is 3. The minimum atomic E-state index is -0.0295. The third-order valence-corrected chi connectivity index (χ3v) is 5.34. The Bertz CT molecular complexity index is 637. The summed E-state index contributed by atoms with van der Waals surface area (Å²) in [5.41, 5.74) is 6.07. The predicted molar refractivity (Wildman–Crippen MR) is 113 cm³/mol. The van der Waals surface area contributed by atoms with E-state index in [1.165, 1.54) is 12.7 Å². The minimum Gasteiger partial charge on any atom is -0.467 e. The zero-order chi connectivity index (χ0) is 18.7. The molecular weight excluding hydrogens is 403 g/mol. The Morgan fingerprint density at radius 2 is 1.68 bits per heavy atom. The van der Waals surface area contributed by atoms with Gasteiger partial charge in [0.15, 0.2) is 0 Å². The molecule has 28 heavy (non-hydrogen) atoms. The number of hydrogen-bond donors (Lipinski definition) is 1. The molecule has 0 bridgehead atoms. The van der Waals surface area contributed by atoms with Crippen molar-refractivity contribution >= 4 is 36.6 Å². The number of piperazine rings is 1. The van der Waals surface area contributed by atoms with E-state index in [9.17, 15) is 9.59 Å². The van der Waals surface area contributed by atoms with Crippen molar-refractivity contribution in [1.29, 1.82) is 0 Å². The van der Waals surface area contributed by atoms with Crippen LogP contribution < -0.4 is 5.73 Å². The first-order chi connectivity index (χ1) is 12.5. The van der Waals surface area contributed by atoms with Crippen molar-refractivity contribution < 1.29 is 14.0 Å². The van der Waals surface area contributed by atoms with Gasteiger partial charge >= 0.3 is 0 Å². The zero-order valence-electron chi connectivity index (χ0n) is 16.6. The summed E-state index contributed by atoms with van der Waals surface area (Å²) in [4.78, 5) is 31.1. The van der Waals surface area contributed by atoms with Crippen LogP contribution in [0.3, 0.4) is 0 Å². The summed E-state index contributed by atoms with van der Waals surface area (Å²) in [6.45, 7) is 9.59. The first kappa shape index (κ1) is 24.8. The van der Waals surface area contributed by atoms with E-state index in [0.29, 0.717) is 42.8 Å². The summed E-state index contributed by atoms with van der Waals surface area (Å²) >= 11 is 0. The molecule has 2 aliphatic heterocycles.